The molecule has 3 rings (SSSR count). The number of anilines is 1. The highest BCUT2D eigenvalue weighted by Crippen LogP contribution is 2.23. The monoisotopic (exact) mass is 605 g/mol. The molecule has 0 radical (unpaired) electrons. The number of hydrogen-bond acceptors (Lipinski definition) is 10. The van der Waals surface area contributed by atoms with Gasteiger partial charge in [-0.25, -0.2) is 0 Å². The molecule has 226 valence electrons. The van der Waals surface area contributed by atoms with Gasteiger partial charge in [-0.05, 0) is 68.2 Å². The first-order valence-corrected chi connectivity index (χ1v) is 13.7. The predicted octanol–water partition coefficient (Wildman–Crippen LogP) is 4.32. The van der Waals surface area contributed by atoms with Crippen LogP contribution in [0.3, 0.4) is 0 Å². The fourth-order valence-electron chi connectivity index (χ4n) is 3.37. The summed E-state index contributed by atoms with van der Waals surface area (Å²) in [6, 6.07) is 10.9. The van der Waals surface area contributed by atoms with Crippen LogP contribution >= 0.6 is 11.3 Å². The van der Waals surface area contributed by atoms with Crippen molar-refractivity contribution in [3.8, 4) is 5.75 Å². The molecule has 2 heterocycles. The van der Waals surface area contributed by atoms with Crippen LogP contribution in [0.2, 0.25) is 0 Å². The van der Waals surface area contributed by atoms with Crippen molar-refractivity contribution >= 4 is 28.7 Å². The lowest BCUT2D eigenvalue weighted by atomic mass is 10.1. The largest absolute Gasteiger partial charge is 0.573 e. The third-order valence-corrected chi connectivity index (χ3v) is 6.22. The second-order valence-corrected chi connectivity index (χ2v) is 9.94. The van der Waals surface area contributed by atoms with E-state index in [9.17, 15) is 22.8 Å². The van der Waals surface area contributed by atoms with Crippen molar-refractivity contribution in [1.29, 1.82) is 0 Å². The number of carbonyl (C=O) groups excluding carboxylic acids is 2. The third kappa shape index (κ3) is 14.3. The first kappa shape index (κ1) is 33.7. The lowest BCUT2D eigenvalue weighted by Gasteiger charge is -2.08. The van der Waals surface area contributed by atoms with Crippen molar-refractivity contribution < 1.29 is 27.5 Å². The van der Waals surface area contributed by atoms with E-state index in [1.165, 1.54) is 29.5 Å². The number of halogens is 3. The van der Waals surface area contributed by atoms with E-state index < -0.39 is 6.36 Å². The van der Waals surface area contributed by atoms with E-state index in [1.807, 2.05) is 31.2 Å². The van der Waals surface area contributed by atoms with Gasteiger partial charge in [-0.1, -0.05) is 29.5 Å². The number of alkyl halides is 3. The summed E-state index contributed by atoms with van der Waals surface area (Å²) < 4.78 is 39.0. The Balaban J connectivity index is 0.000000369. The highest BCUT2D eigenvalue weighted by atomic mass is 32.1. The molecule has 42 heavy (non-hydrogen) atoms. The van der Waals surface area contributed by atoms with Gasteiger partial charge in [0.1, 0.15) is 17.0 Å². The molecule has 0 aliphatic heterocycles. The Labute approximate surface area is 246 Å². The fraction of sp³-hybridized carbons (Fsp3) is 0.321. The molecule has 0 saturated carbocycles. The molecule has 6 N–H and O–H groups in total. The molecular weight excluding hydrogens is 571 g/mol. The van der Waals surface area contributed by atoms with Crippen molar-refractivity contribution in [1.82, 2.24) is 20.5 Å². The van der Waals surface area contributed by atoms with E-state index in [0.29, 0.717) is 22.8 Å². The Morgan fingerprint density at radius 2 is 1.86 bits per heavy atom. The average molecular weight is 606 g/mol. The standard InChI is InChI=1S/C19H27N7OS.C9H7F3O2/c1-13-6-5-8-15(23-13)12-17(27)24-19-26-25-18(28-19)9-4-3-7-14(20)10-11-16(21)22-2;10-9(11,12)14-8-3-1-2-7(6-8)4-5-13/h5-6,8,10-11,22H,3-4,7,9,12,20-21H2,1-2H3,(H,24,26,27);1-3,5-6H,4H2/b14-10-,16-11+;. The highest BCUT2D eigenvalue weighted by Gasteiger charge is 2.31. The van der Waals surface area contributed by atoms with E-state index in [1.54, 1.807) is 19.2 Å². The SMILES string of the molecule is CN/C(N)=C/C=C(\N)CCCCc1nnc(NC(=O)Cc2cccc(C)n2)s1.O=CCc1cccc(OC(F)(F)F)c1. The molecule has 3 aromatic rings. The van der Waals surface area contributed by atoms with Crippen LogP contribution in [0.1, 0.15) is 41.2 Å². The van der Waals surface area contributed by atoms with Crippen LogP contribution in [0, 0.1) is 6.92 Å². The van der Waals surface area contributed by atoms with Crippen molar-refractivity contribution in [2.24, 2.45) is 11.5 Å². The molecule has 10 nitrogen and oxygen atoms in total. The van der Waals surface area contributed by atoms with Gasteiger partial charge in [-0.15, -0.1) is 23.4 Å². The maximum Gasteiger partial charge on any atom is 0.573 e. The van der Waals surface area contributed by atoms with Crippen LogP contribution in [-0.4, -0.2) is 40.8 Å². The van der Waals surface area contributed by atoms with Crippen LogP contribution in [0.5, 0.6) is 5.75 Å². The van der Waals surface area contributed by atoms with Crippen molar-refractivity contribution in [3.63, 3.8) is 0 Å². The zero-order valence-corrected chi connectivity index (χ0v) is 24.1. The number of nitrogens with one attached hydrogen (secondary N) is 2. The van der Waals surface area contributed by atoms with E-state index in [0.717, 1.165) is 47.8 Å². The summed E-state index contributed by atoms with van der Waals surface area (Å²) in [5.74, 6) is 0.119. The van der Waals surface area contributed by atoms with Gasteiger partial charge in [0.15, 0.2) is 0 Å². The number of benzene rings is 1. The number of nitrogens with zero attached hydrogens (tertiary/aromatic N) is 3. The minimum Gasteiger partial charge on any atom is -0.406 e. The van der Waals surface area contributed by atoms with Crippen LogP contribution < -0.4 is 26.8 Å². The molecule has 2 aromatic heterocycles. The van der Waals surface area contributed by atoms with Gasteiger partial charge in [-0.2, -0.15) is 0 Å². The van der Waals surface area contributed by atoms with Gasteiger partial charge in [-0.3, -0.25) is 9.78 Å². The normalized spacial score (nSPS) is 11.7. The van der Waals surface area contributed by atoms with Crippen LogP contribution in [0.4, 0.5) is 18.3 Å². The van der Waals surface area contributed by atoms with Gasteiger partial charge in [0, 0.05) is 37.0 Å². The summed E-state index contributed by atoms with van der Waals surface area (Å²) >= 11 is 1.40. The quantitative estimate of drug-likeness (QED) is 0.126. The van der Waals surface area contributed by atoms with Crippen molar-refractivity contribution in [3.05, 3.63) is 88.1 Å². The highest BCUT2D eigenvalue weighted by molar-refractivity contribution is 7.15. The second-order valence-electron chi connectivity index (χ2n) is 8.88. The third-order valence-electron chi connectivity index (χ3n) is 5.32. The first-order valence-electron chi connectivity index (χ1n) is 12.9. The number of hydrogen-bond donors (Lipinski definition) is 4. The van der Waals surface area contributed by atoms with E-state index >= 15 is 0 Å². The molecule has 1 aromatic carbocycles. The van der Waals surface area contributed by atoms with E-state index in [4.69, 9.17) is 11.5 Å². The molecule has 0 aliphatic rings. The zero-order chi connectivity index (χ0) is 31.0. The van der Waals surface area contributed by atoms with E-state index in [2.05, 4.69) is 30.6 Å². The number of rotatable bonds is 13. The Kier molecular flexibility index (Phi) is 14.0. The number of ether oxygens (including phenoxy) is 1. The van der Waals surface area contributed by atoms with Gasteiger partial charge < -0.3 is 31.6 Å². The fourth-order valence-corrected chi connectivity index (χ4v) is 4.16. The topological polar surface area (TPSA) is 158 Å². The number of nitrogens with two attached hydrogens (primary N) is 2. The van der Waals surface area contributed by atoms with Gasteiger partial charge in [0.25, 0.3) is 0 Å². The molecule has 0 saturated heterocycles. The van der Waals surface area contributed by atoms with Crippen LogP contribution in [0.15, 0.2) is 66.1 Å². The second kappa shape index (κ2) is 17.4. The molecule has 1 amide bonds. The number of amides is 1. The summed E-state index contributed by atoms with van der Waals surface area (Å²) in [6.45, 7) is 1.90. The number of allylic oxidation sites excluding steroid dienone is 3. The number of aryl methyl sites for hydroxylation is 2. The molecule has 0 unspecified atom stereocenters. The summed E-state index contributed by atoms with van der Waals surface area (Å²) in [5, 5.41) is 15.2. The smallest absolute Gasteiger partial charge is 0.406 e. The molecular formula is C28H34F3N7O3S. The van der Waals surface area contributed by atoms with Gasteiger partial charge in [0.05, 0.1) is 12.2 Å². The number of unbranched alkanes of at least 4 members (excludes halogenated alkanes) is 1. The Hall–Kier alpha value is -4.46. The van der Waals surface area contributed by atoms with Crippen molar-refractivity contribution in [2.75, 3.05) is 12.4 Å². The number of carbonyl (C=O) groups is 2. The molecule has 0 bridgehead atoms. The molecule has 0 fully saturated rings. The lowest BCUT2D eigenvalue weighted by Crippen LogP contribution is -2.17. The molecule has 0 aliphatic carbocycles. The minimum atomic E-state index is -4.69. The van der Waals surface area contributed by atoms with Crippen LogP contribution in [-0.2, 0) is 28.9 Å². The Morgan fingerprint density at radius 3 is 2.55 bits per heavy atom. The maximum absolute atomic E-state index is 12.1. The van der Waals surface area contributed by atoms with E-state index in [-0.39, 0.29) is 24.5 Å². The maximum atomic E-state index is 12.1. The summed E-state index contributed by atoms with van der Waals surface area (Å²) in [4.78, 5) is 26.6. The zero-order valence-electron chi connectivity index (χ0n) is 23.3. The summed E-state index contributed by atoms with van der Waals surface area (Å²) in [6.07, 6.45) is 3.25. The Morgan fingerprint density at radius 1 is 1.10 bits per heavy atom. The van der Waals surface area contributed by atoms with Gasteiger partial charge >= 0.3 is 6.36 Å². The molecule has 14 heteroatoms. The van der Waals surface area contributed by atoms with Crippen molar-refractivity contribution in [2.45, 2.75) is 51.8 Å². The molecule has 0 spiro atoms. The number of aldehydes is 1. The first-order chi connectivity index (χ1) is 20.0. The molecule has 0 atom stereocenters. The van der Waals surface area contributed by atoms with Gasteiger partial charge in [0.2, 0.25) is 11.0 Å². The lowest BCUT2D eigenvalue weighted by molar-refractivity contribution is -0.274. The Bertz CT molecular complexity index is 1360. The minimum absolute atomic E-state index is 0.0784. The summed E-state index contributed by atoms with van der Waals surface area (Å²) in [7, 11) is 1.76. The average Bonchev–Trinajstić information content (AvgIpc) is 3.36. The summed E-state index contributed by atoms with van der Waals surface area (Å²) in [5.41, 5.74) is 14.5. The predicted molar refractivity (Wildman–Crippen MR) is 155 cm³/mol. The number of pyridine rings is 1. The number of aromatic nitrogens is 3. The van der Waals surface area contributed by atoms with Crippen LogP contribution in [0.25, 0.3) is 0 Å².